The first kappa shape index (κ1) is 44.4. The Balaban J connectivity index is 2.17. The second kappa shape index (κ2) is 36.6. The molecule has 0 bridgehead atoms. The summed E-state index contributed by atoms with van der Waals surface area (Å²) in [6, 6.07) is 0. The molecule has 280 valence electrons. The molecule has 0 aliphatic carbocycles. The molecule has 0 saturated carbocycles. The zero-order chi connectivity index (χ0) is 33.7. The van der Waals surface area contributed by atoms with Gasteiger partial charge in [0.05, 0.1) is 0 Å². The molecule has 0 radical (unpaired) electrons. The lowest BCUT2D eigenvalue weighted by Gasteiger charge is -2.33. The summed E-state index contributed by atoms with van der Waals surface area (Å²) in [6.45, 7) is 9.49. The Hall–Kier alpha value is -0.660. The van der Waals surface area contributed by atoms with E-state index in [4.69, 9.17) is 0 Å². The quantitative estimate of drug-likeness (QED) is 0.0606. The first-order valence-corrected chi connectivity index (χ1v) is 22.5. The average molecular weight is 659 g/mol. The van der Waals surface area contributed by atoms with Crippen molar-refractivity contribution in [2.45, 2.75) is 265 Å². The van der Waals surface area contributed by atoms with Gasteiger partial charge in [0, 0.05) is 25.5 Å². The van der Waals surface area contributed by atoms with Gasteiger partial charge in [-0.3, -0.25) is 0 Å². The van der Waals surface area contributed by atoms with E-state index in [1.807, 2.05) is 0 Å². The van der Waals surface area contributed by atoms with Gasteiger partial charge in [0.2, 0.25) is 0 Å². The van der Waals surface area contributed by atoms with Gasteiger partial charge < -0.3 is 9.80 Å². The van der Waals surface area contributed by atoms with Crippen LogP contribution in [0.1, 0.15) is 258 Å². The van der Waals surface area contributed by atoms with Gasteiger partial charge in [0.1, 0.15) is 6.17 Å². The highest BCUT2D eigenvalue weighted by Gasteiger charge is 2.24. The van der Waals surface area contributed by atoms with Gasteiger partial charge in [-0.05, 0) is 25.7 Å². The summed E-state index contributed by atoms with van der Waals surface area (Å²) in [5, 5.41) is 0. The minimum atomic E-state index is 0.638. The van der Waals surface area contributed by atoms with Crippen molar-refractivity contribution in [3.8, 4) is 0 Å². The normalized spacial score (nSPS) is 14.7. The molecular weight excluding hydrogens is 569 g/mol. The fourth-order valence-corrected chi connectivity index (χ4v) is 7.78. The Bertz CT molecular complexity index is 615. The zero-order valence-corrected chi connectivity index (χ0v) is 33.2. The average Bonchev–Trinajstić information content (AvgIpc) is 3.47. The van der Waals surface area contributed by atoms with Crippen molar-refractivity contribution in [1.82, 2.24) is 9.80 Å². The van der Waals surface area contributed by atoms with Gasteiger partial charge in [0.15, 0.2) is 0 Å². The molecule has 0 aromatic rings. The van der Waals surface area contributed by atoms with E-state index in [-0.39, 0.29) is 0 Å². The van der Waals surface area contributed by atoms with Crippen molar-refractivity contribution in [2.24, 2.45) is 0 Å². The molecule has 1 atom stereocenters. The fraction of sp³-hybridized carbons (Fsp3) is 0.956. The van der Waals surface area contributed by atoms with Crippen LogP contribution in [0.15, 0.2) is 12.4 Å². The maximum absolute atomic E-state index is 2.73. The van der Waals surface area contributed by atoms with Crippen molar-refractivity contribution in [3.63, 3.8) is 0 Å². The lowest BCUT2D eigenvalue weighted by molar-refractivity contribution is 0.135. The highest BCUT2D eigenvalue weighted by molar-refractivity contribution is 4.97. The molecule has 0 aromatic heterocycles. The molecule has 1 heterocycles. The van der Waals surface area contributed by atoms with E-state index >= 15 is 0 Å². The highest BCUT2D eigenvalue weighted by atomic mass is 15.4. The maximum Gasteiger partial charge on any atom is 0.101 e. The van der Waals surface area contributed by atoms with Gasteiger partial charge >= 0.3 is 0 Å². The van der Waals surface area contributed by atoms with Crippen molar-refractivity contribution in [2.75, 3.05) is 13.1 Å². The van der Waals surface area contributed by atoms with Gasteiger partial charge in [-0.25, -0.2) is 0 Å². The molecule has 0 N–H and O–H groups in total. The third-order valence-corrected chi connectivity index (χ3v) is 11.1. The van der Waals surface area contributed by atoms with Crippen LogP contribution < -0.4 is 0 Å². The predicted octanol–water partition coefficient (Wildman–Crippen LogP) is 15.9. The summed E-state index contributed by atoms with van der Waals surface area (Å²) in [4.78, 5) is 5.45. The van der Waals surface area contributed by atoms with Gasteiger partial charge in [-0.15, -0.1) is 0 Å². The van der Waals surface area contributed by atoms with E-state index in [2.05, 4.69) is 43.0 Å². The van der Waals surface area contributed by atoms with Gasteiger partial charge in [0.25, 0.3) is 0 Å². The monoisotopic (exact) mass is 659 g/mol. The lowest BCUT2D eigenvalue weighted by atomic mass is 10.0. The molecular formula is C45H90N2. The van der Waals surface area contributed by atoms with Crippen molar-refractivity contribution < 1.29 is 0 Å². The Morgan fingerprint density at radius 3 is 0.745 bits per heavy atom. The minimum Gasteiger partial charge on any atom is -0.356 e. The van der Waals surface area contributed by atoms with E-state index in [0.29, 0.717) is 6.17 Å². The number of hydrogen-bond acceptors (Lipinski definition) is 2. The van der Waals surface area contributed by atoms with Gasteiger partial charge in [-0.1, -0.05) is 233 Å². The van der Waals surface area contributed by atoms with E-state index in [1.165, 1.54) is 251 Å². The van der Waals surface area contributed by atoms with Crippen LogP contribution in [0.4, 0.5) is 0 Å². The molecule has 1 aliphatic rings. The van der Waals surface area contributed by atoms with Gasteiger partial charge in [-0.2, -0.15) is 0 Å². The molecule has 0 aromatic carbocycles. The molecule has 1 rings (SSSR count). The highest BCUT2D eigenvalue weighted by Crippen LogP contribution is 2.24. The molecule has 0 amide bonds. The van der Waals surface area contributed by atoms with E-state index in [0.717, 1.165) is 0 Å². The van der Waals surface area contributed by atoms with Crippen LogP contribution in [-0.2, 0) is 0 Å². The van der Waals surface area contributed by atoms with Crippen molar-refractivity contribution in [3.05, 3.63) is 12.4 Å². The van der Waals surface area contributed by atoms with Crippen molar-refractivity contribution >= 4 is 0 Å². The Morgan fingerprint density at radius 2 is 0.489 bits per heavy atom. The summed E-state index contributed by atoms with van der Waals surface area (Å²) in [5.41, 5.74) is 0. The zero-order valence-electron chi connectivity index (χ0n) is 33.2. The minimum absolute atomic E-state index is 0.638. The molecule has 47 heavy (non-hydrogen) atoms. The Morgan fingerprint density at radius 1 is 0.277 bits per heavy atom. The Kier molecular flexibility index (Phi) is 34.6. The summed E-state index contributed by atoms with van der Waals surface area (Å²) >= 11 is 0. The van der Waals surface area contributed by atoms with Crippen LogP contribution in [0.5, 0.6) is 0 Å². The second-order valence-electron chi connectivity index (χ2n) is 15.7. The number of rotatable bonds is 39. The van der Waals surface area contributed by atoms with Crippen LogP contribution >= 0.6 is 0 Å². The predicted molar refractivity (Wildman–Crippen MR) is 214 cm³/mol. The lowest BCUT2D eigenvalue weighted by Crippen LogP contribution is -2.39. The summed E-state index contributed by atoms with van der Waals surface area (Å²) in [6.07, 6.45) is 58.9. The Labute approximate surface area is 299 Å². The third-order valence-electron chi connectivity index (χ3n) is 11.1. The smallest absolute Gasteiger partial charge is 0.101 e. The first-order chi connectivity index (χ1) is 23.3. The maximum atomic E-state index is 2.73. The molecule has 2 nitrogen and oxygen atoms in total. The summed E-state index contributed by atoms with van der Waals surface area (Å²) < 4.78 is 0. The standard InChI is InChI=1S/C45H90N2/c1-4-7-10-13-16-19-21-23-24-25-26-28-30-33-36-39-42-47-44-43-46(41-38-35-32-18-15-12-9-6-3)45(47)40-37-34-31-29-27-22-20-17-14-11-8-5-2/h43-45H,4-42H2,1-3H3. The van der Waals surface area contributed by atoms with E-state index < -0.39 is 0 Å². The molecule has 0 saturated heterocycles. The van der Waals surface area contributed by atoms with Crippen LogP contribution in [0.25, 0.3) is 0 Å². The van der Waals surface area contributed by atoms with Crippen molar-refractivity contribution in [1.29, 1.82) is 0 Å². The molecule has 1 aliphatic heterocycles. The number of nitrogens with zero attached hydrogens (tertiary/aromatic N) is 2. The molecule has 0 fully saturated rings. The summed E-state index contributed by atoms with van der Waals surface area (Å²) in [7, 11) is 0. The fourth-order valence-electron chi connectivity index (χ4n) is 7.78. The molecule has 2 heteroatoms. The topological polar surface area (TPSA) is 6.48 Å². The van der Waals surface area contributed by atoms with Crippen LogP contribution in [0, 0.1) is 0 Å². The molecule has 1 unspecified atom stereocenters. The number of hydrogen-bond donors (Lipinski definition) is 0. The molecule has 0 spiro atoms. The van der Waals surface area contributed by atoms with E-state index in [1.54, 1.807) is 0 Å². The first-order valence-electron chi connectivity index (χ1n) is 22.5. The second-order valence-corrected chi connectivity index (χ2v) is 15.7. The number of unbranched alkanes of at least 4 members (excludes halogenated alkanes) is 33. The summed E-state index contributed by atoms with van der Waals surface area (Å²) in [5.74, 6) is 0. The third kappa shape index (κ3) is 28.8. The SMILES string of the molecule is CCCCCCCCCCCCCCCCCCN1C=CN(CCCCCCCCCC)C1CCCCCCCCCCCCCC. The van der Waals surface area contributed by atoms with Crippen LogP contribution in [0.2, 0.25) is 0 Å². The van der Waals surface area contributed by atoms with E-state index in [9.17, 15) is 0 Å². The van der Waals surface area contributed by atoms with Crippen LogP contribution in [0.3, 0.4) is 0 Å². The largest absolute Gasteiger partial charge is 0.356 e. The van der Waals surface area contributed by atoms with Crippen LogP contribution in [-0.4, -0.2) is 29.1 Å².